The first-order chi connectivity index (χ1) is 6.63. The molecule has 76 valence electrons. The molecule has 14 heavy (non-hydrogen) atoms. The molecule has 1 aromatic heterocycles. The lowest BCUT2D eigenvalue weighted by Crippen LogP contribution is -2.21. The van der Waals surface area contributed by atoms with Crippen LogP contribution >= 0.6 is 0 Å². The third kappa shape index (κ3) is 2.67. The Hall–Kier alpha value is -1.69. The van der Waals surface area contributed by atoms with E-state index in [1.165, 1.54) is 12.4 Å². The molecule has 1 aromatic rings. The maximum Gasteiger partial charge on any atom is 0.268 e. The second kappa shape index (κ2) is 4.52. The number of amides is 1. The van der Waals surface area contributed by atoms with Crippen molar-refractivity contribution in [3.8, 4) is 0 Å². The molecule has 0 aliphatic carbocycles. The van der Waals surface area contributed by atoms with Crippen molar-refractivity contribution in [2.24, 2.45) is 5.73 Å². The third-order valence-electron chi connectivity index (χ3n) is 1.57. The number of carbonyl (C=O) groups excluding carboxylic acids is 1. The summed E-state index contributed by atoms with van der Waals surface area (Å²) in [5.74, 6) is -0.115. The number of anilines is 1. The molecule has 6 nitrogen and oxygen atoms in total. The highest BCUT2D eigenvalue weighted by atomic mass is 16.3. The van der Waals surface area contributed by atoms with Gasteiger partial charge in [0.1, 0.15) is 11.5 Å². The van der Waals surface area contributed by atoms with Crippen LogP contribution in [0.3, 0.4) is 0 Å². The highest BCUT2D eigenvalue weighted by molar-refractivity contribution is 5.90. The van der Waals surface area contributed by atoms with Gasteiger partial charge in [0.25, 0.3) is 5.91 Å². The van der Waals surface area contributed by atoms with Gasteiger partial charge in [-0.05, 0) is 6.92 Å². The van der Waals surface area contributed by atoms with Gasteiger partial charge in [0.05, 0.1) is 19.0 Å². The van der Waals surface area contributed by atoms with Gasteiger partial charge in [-0.15, -0.1) is 0 Å². The standard InChI is InChI=1S/C8H12N4O2/c1-5(4-13)12-7-3-10-6(2-11-7)8(9)14/h2-3,5,13H,4H2,1H3,(H2,9,14)(H,11,12). The average molecular weight is 196 g/mol. The number of aliphatic hydroxyl groups is 1. The van der Waals surface area contributed by atoms with Gasteiger partial charge in [-0.1, -0.05) is 0 Å². The fourth-order valence-electron chi connectivity index (χ4n) is 0.828. The van der Waals surface area contributed by atoms with Crippen molar-refractivity contribution < 1.29 is 9.90 Å². The van der Waals surface area contributed by atoms with E-state index in [2.05, 4.69) is 15.3 Å². The number of nitrogens with two attached hydrogens (primary N) is 1. The maximum atomic E-state index is 10.6. The van der Waals surface area contributed by atoms with Crippen LogP contribution in [0.25, 0.3) is 0 Å². The summed E-state index contributed by atoms with van der Waals surface area (Å²) in [6.45, 7) is 1.79. The molecule has 0 saturated carbocycles. The Morgan fingerprint density at radius 2 is 2.36 bits per heavy atom. The normalized spacial score (nSPS) is 12.1. The minimum Gasteiger partial charge on any atom is -0.394 e. The second-order valence-corrected chi connectivity index (χ2v) is 2.88. The van der Waals surface area contributed by atoms with Gasteiger partial charge in [-0.2, -0.15) is 0 Å². The van der Waals surface area contributed by atoms with Crippen LogP contribution in [0.1, 0.15) is 17.4 Å². The van der Waals surface area contributed by atoms with Gasteiger partial charge in [0, 0.05) is 6.04 Å². The molecular formula is C8H12N4O2. The molecule has 1 heterocycles. The van der Waals surface area contributed by atoms with Crippen LogP contribution in [0, 0.1) is 0 Å². The Kier molecular flexibility index (Phi) is 3.35. The highest BCUT2D eigenvalue weighted by Gasteiger charge is 2.04. The van der Waals surface area contributed by atoms with Crippen molar-refractivity contribution in [3.05, 3.63) is 18.1 Å². The van der Waals surface area contributed by atoms with Crippen LogP contribution in [-0.2, 0) is 0 Å². The van der Waals surface area contributed by atoms with E-state index < -0.39 is 5.91 Å². The number of hydrogen-bond donors (Lipinski definition) is 3. The first-order valence-electron chi connectivity index (χ1n) is 4.12. The molecule has 4 N–H and O–H groups in total. The summed E-state index contributed by atoms with van der Waals surface area (Å²) < 4.78 is 0. The zero-order valence-electron chi connectivity index (χ0n) is 7.77. The Balaban J connectivity index is 2.68. The van der Waals surface area contributed by atoms with Crippen LogP contribution in [0.5, 0.6) is 0 Å². The van der Waals surface area contributed by atoms with Crippen molar-refractivity contribution >= 4 is 11.7 Å². The van der Waals surface area contributed by atoms with Gasteiger partial charge in [-0.3, -0.25) is 4.79 Å². The number of aromatic nitrogens is 2. The van der Waals surface area contributed by atoms with E-state index in [0.29, 0.717) is 5.82 Å². The largest absolute Gasteiger partial charge is 0.394 e. The molecule has 0 aliphatic heterocycles. The second-order valence-electron chi connectivity index (χ2n) is 2.88. The summed E-state index contributed by atoms with van der Waals surface area (Å²) in [7, 11) is 0. The fraction of sp³-hybridized carbons (Fsp3) is 0.375. The maximum absolute atomic E-state index is 10.6. The number of nitrogens with one attached hydrogen (secondary N) is 1. The van der Waals surface area contributed by atoms with Gasteiger partial charge >= 0.3 is 0 Å². The number of hydrogen-bond acceptors (Lipinski definition) is 5. The van der Waals surface area contributed by atoms with E-state index in [1.54, 1.807) is 6.92 Å². The van der Waals surface area contributed by atoms with Crippen molar-refractivity contribution in [1.82, 2.24) is 9.97 Å². The molecule has 0 radical (unpaired) electrons. The molecule has 0 fully saturated rings. The minimum atomic E-state index is -0.612. The lowest BCUT2D eigenvalue weighted by Gasteiger charge is -2.10. The number of primary amides is 1. The summed E-state index contributed by atoms with van der Waals surface area (Å²) >= 11 is 0. The molecule has 1 unspecified atom stereocenters. The van der Waals surface area contributed by atoms with E-state index >= 15 is 0 Å². The Labute approximate surface area is 81.2 Å². The summed E-state index contributed by atoms with van der Waals surface area (Å²) in [6.07, 6.45) is 2.68. The van der Waals surface area contributed by atoms with E-state index in [9.17, 15) is 4.79 Å². The predicted octanol–water partition coefficient (Wildman–Crippen LogP) is -0.632. The number of carbonyl (C=O) groups is 1. The topological polar surface area (TPSA) is 101 Å². The smallest absolute Gasteiger partial charge is 0.268 e. The average Bonchev–Trinajstić information content (AvgIpc) is 2.18. The Bertz CT molecular complexity index is 312. The third-order valence-corrected chi connectivity index (χ3v) is 1.57. The molecule has 0 aromatic carbocycles. The molecule has 0 saturated heterocycles. The van der Waals surface area contributed by atoms with E-state index in [4.69, 9.17) is 10.8 Å². The highest BCUT2D eigenvalue weighted by Crippen LogP contribution is 2.02. The Morgan fingerprint density at radius 1 is 1.64 bits per heavy atom. The molecular weight excluding hydrogens is 184 g/mol. The molecule has 0 aliphatic rings. The quantitative estimate of drug-likeness (QED) is 0.595. The molecule has 0 spiro atoms. The van der Waals surface area contributed by atoms with Crippen molar-refractivity contribution in [2.75, 3.05) is 11.9 Å². The zero-order chi connectivity index (χ0) is 10.6. The van der Waals surface area contributed by atoms with E-state index in [0.717, 1.165) is 0 Å². The number of nitrogens with zero attached hydrogens (tertiary/aromatic N) is 2. The SMILES string of the molecule is CC(CO)Nc1cnc(C(N)=O)cn1. The minimum absolute atomic E-state index is 0.000743. The van der Waals surface area contributed by atoms with E-state index in [1.807, 2.05) is 0 Å². The monoisotopic (exact) mass is 196 g/mol. The molecule has 6 heteroatoms. The lowest BCUT2D eigenvalue weighted by atomic mass is 10.3. The van der Waals surface area contributed by atoms with Crippen LogP contribution in [0.15, 0.2) is 12.4 Å². The van der Waals surface area contributed by atoms with Crippen molar-refractivity contribution in [3.63, 3.8) is 0 Å². The van der Waals surface area contributed by atoms with Gasteiger partial charge in [-0.25, -0.2) is 9.97 Å². The lowest BCUT2D eigenvalue weighted by molar-refractivity contribution is 0.0995. The fourth-order valence-corrected chi connectivity index (χ4v) is 0.828. The van der Waals surface area contributed by atoms with Crippen LogP contribution < -0.4 is 11.1 Å². The summed E-state index contributed by atoms with van der Waals surface area (Å²) in [6, 6.07) is -0.108. The number of aliphatic hydroxyl groups excluding tert-OH is 1. The molecule has 0 bridgehead atoms. The van der Waals surface area contributed by atoms with Gasteiger partial charge in [0.15, 0.2) is 0 Å². The first-order valence-corrected chi connectivity index (χ1v) is 4.12. The van der Waals surface area contributed by atoms with Crippen molar-refractivity contribution in [1.29, 1.82) is 0 Å². The summed E-state index contributed by atoms with van der Waals surface area (Å²) in [5.41, 5.74) is 5.11. The van der Waals surface area contributed by atoms with Gasteiger partial charge < -0.3 is 16.2 Å². The number of rotatable bonds is 4. The van der Waals surface area contributed by atoms with Crippen molar-refractivity contribution in [2.45, 2.75) is 13.0 Å². The molecule has 1 atom stereocenters. The predicted molar refractivity (Wildman–Crippen MR) is 50.7 cm³/mol. The van der Waals surface area contributed by atoms with E-state index in [-0.39, 0.29) is 18.3 Å². The summed E-state index contributed by atoms with van der Waals surface area (Å²) in [5, 5.41) is 11.6. The molecule has 1 amide bonds. The van der Waals surface area contributed by atoms with Gasteiger partial charge in [0.2, 0.25) is 0 Å². The first kappa shape index (κ1) is 10.4. The van der Waals surface area contributed by atoms with Crippen LogP contribution in [0.4, 0.5) is 5.82 Å². The Morgan fingerprint density at radius 3 is 2.79 bits per heavy atom. The zero-order valence-corrected chi connectivity index (χ0v) is 7.77. The summed E-state index contributed by atoms with van der Waals surface area (Å²) in [4.78, 5) is 18.3. The van der Waals surface area contributed by atoms with Crippen LogP contribution in [0.2, 0.25) is 0 Å². The molecule has 1 rings (SSSR count). The van der Waals surface area contributed by atoms with Crippen LogP contribution in [-0.4, -0.2) is 33.6 Å².